The summed E-state index contributed by atoms with van der Waals surface area (Å²) in [4.78, 5) is 39.7. The molecule has 0 saturated carbocycles. The third kappa shape index (κ3) is 3.17. The Morgan fingerprint density at radius 2 is 1.79 bits per heavy atom. The van der Waals surface area contributed by atoms with Crippen LogP contribution >= 0.6 is 0 Å². The fourth-order valence-electron chi connectivity index (χ4n) is 3.67. The third-order valence-corrected chi connectivity index (χ3v) is 5.15. The number of likely N-dealkylation sites (N-methyl/N-ethyl adjacent to an activating group) is 1. The second kappa shape index (κ2) is 7.14. The Labute approximate surface area is 166 Å². The lowest BCUT2D eigenvalue weighted by atomic mass is 9.98. The average Bonchev–Trinajstić information content (AvgIpc) is 2.99. The Kier molecular flexibility index (Phi) is 4.63. The van der Waals surface area contributed by atoms with Gasteiger partial charge in [-0.2, -0.15) is 0 Å². The van der Waals surface area contributed by atoms with Gasteiger partial charge in [0.2, 0.25) is 5.76 Å². The Bertz CT molecular complexity index is 1170. The zero-order valence-electron chi connectivity index (χ0n) is 16.0. The molecule has 0 radical (unpaired) electrons. The largest absolute Gasteiger partial charge is 0.450 e. The first-order valence-electron chi connectivity index (χ1n) is 9.28. The molecule has 0 aliphatic carbocycles. The Morgan fingerprint density at radius 3 is 2.45 bits per heavy atom. The van der Waals surface area contributed by atoms with E-state index in [9.17, 15) is 19.7 Å². The summed E-state index contributed by atoms with van der Waals surface area (Å²) in [7, 11) is 3.96. The molecule has 1 N–H and O–H groups in total. The number of rotatable bonds is 5. The van der Waals surface area contributed by atoms with E-state index in [1.54, 1.807) is 41.3 Å². The van der Waals surface area contributed by atoms with E-state index in [2.05, 4.69) is 0 Å². The number of nitro groups is 1. The number of hydrogen-bond donors (Lipinski definition) is 1. The lowest BCUT2D eigenvalue weighted by Gasteiger charge is -2.25. The fourth-order valence-corrected chi connectivity index (χ4v) is 3.67. The van der Waals surface area contributed by atoms with Crippen molar-refractivity contribution in [2.24, 2.45) is 0 Å². The highest BCUT2D eigenvalue weighted by Gasteiger charge is 2.42. The van der Waals surface area contributed by atoms with Gasteiger partial charge in [0.05, 0.1) is 49.1 Å². The molecule has 1 atom stereocenters. The lowest BCUT2D eigenvalue weighted by molar-refractivity contribution is -0.857. The maximum atomic E-state index is 13.3. The summed E-state index contributed by atoms with van der Waals surface area (Å²) in [5, 5.41) is 11.4. The number of nitro benzene ring substituents is 1. The SMILES string of the molecule is C[NH+](C)CCN1C(=O)c2oc3ccccc3c(=O)c2[C@@H]1c1ccc([N+](=O)[O-])cc1. The van der Waals surface area contributed by atoms with Gasteiger partial charge in [-0.15, -0.1) is 0 Å². The number of carbonyl (C=O) groups excluding carboxylic acids is 1. The number of nitrogens with zero attached hydrogens (tertiary/aromatic N) is 2. The number of amides is 1. The van der Waals surface area contributed by atoms with Gasteiger partial charge >= 0.3 is 0 Å². The van der Waals surface area contributed by atoms with Crippen molar-refractivity contribution in [2.45, 2.75) is 6.04 Å². The first-order valence-corrected chi connectivity index (χ1v) is 9.28. The van der Waals surface area contributed by atoms with Crippen LogP contribution in [-0.4, -0.2) is 42.9 Å². The van der Waals surface area contributed by atoms with E-state index in [0.717, 1.165) is 4.90 Å². The van der Waals surface area contributed by atoms with Crippen molar-refractivity contribution in [1.29, 1.82) is 0 Å². The molecular weight excluding hydrogens is 374 g/mol. The number of benzene rings is 2. The van der Waals surface area contributed by atoms with Crippen molar-refractivity contribution >= 4 is 22.6 Å². The van der Waals surface area contributed by atoms with E-state index in [1.165, 1.54) is 12.1 Å². The minimum atomic E-state index is -0.640. The van der Waals surface area contributed by atoms with Crippen LogP contribution in [0.1, 0.15) is 27.7 Å². The van der Waals surface area contributed by atoms with Gasteiger partial charge < -0.3 is 14.2 Å². The number of para-hydroxylation sites is 1. The van der Waals surface area contributed by atoms with E-state index < -0.39 is 11.0 Å². The van der Waals surface area contributed by atoms with Gasteiger partial charge in [0.1, 0.15) is 5.58 Å². The highest BCUT2D eigenvalue weighted by Crippen LogP contribution is 2.38. The normalized spacial score (nSPS) is 15.9. The van der Waals surface area contributed by atoms with Gasteiger partial charge in [0.25, 0.3) is 11.6 Å². The van der Waals surface area contributed by atoms with Gasteiger partial charge in [-0.05, 0) is 29.8 Å². The molecule has 0 unspecified atom stereocenters. The van der Waals surface area contributed by atoms with Crippen molar-refractivity contribution in [2.75, 3.05) is 27.2 Å². The van der Waals surface area contributed by atoms with E-state index >= 15 is 0 Å². The monoisotopic (exact) mass is 394 g/mol. The Hall–Kier alpha value is -3.52. The van der Waals surface area contributed by atoms with Crippen LogP contribution in [0.15, 0.2) is 57.7 Å². The zero-order chi connectivity index (χ0) is 20.7. The Morgan fingerprint density at radius 1 is 1.10 bits per heavy atom. The summed E-state index contributed by atoms with van der Waals surface area (Å²) >= 11 is 0. The molecule has 2 aromatic carbocycles. The second-order valence-corrected chi connectivity index (χ2v) is 7.38. The number of non-ortho nitro benzene ring substituents is 1. The van der Waals surface area contributed by atoms with Crippen molar-refractivity contribution in [3.8, 4) is 0 Å². The zero-order valence-corrected chi connectivity index (χ0v) is 16.0. The average molecular weight is 394 g/mol. The van der Waals surface area contributed by atoms with Crippen LogP contribution in [0, 0.1) is 10.1 Å². The minimum absolute atomic E-state index is 0.0470. The molecule has 8 nitrogen and oxygen atoms in total. The van der Waals surface area contributed by atoms with Gasteiger partial charge in [0, 0.05) is 12.1 Å². The summed E-state index contributed by atoms with van der Waals surface area (Å²) in [6.45, 7) is 1.10. The predicted octanol–water partition coefficient (Wildman–Crippen LogP) is 1.39. The maximum absolute atomic E-state index is 13.3. The van der Waals surface area contributed by atoms with E-state index in [4.69, 9.17) is 4.42 Å². The van der Waals surface area contributed by atoms with Crippen LogP contribution in [0.4, 0.5) is 5.69 Å². The lowest BCUT2D eigenvalue weighted by Crippen LogP contribution is -3.06. The van der Waals surface area contributed by atoms with Crippen molar-refractivity contribution < 1.29 is 19.0 Å². The summed E-state index contributed by atoms with van der Waals surface area (Å²) in [5.41, 5.74) is 0.994. The van der Waals surface area contributed by atoms with Crippen LogP contribution in [0.25, 0.3) is 11.0 Å². The van der Waals surface area contributed by atoms with Gasteiger partial charge in [-0.25, -0.2) is 0 Å². The molecule has 148 valence electrons. The maximum Gasteiger partial charge on any atom is 0.291 e. The van der Waals surface area contributed by atoms with Crippen LogP contribution in [0.2, 0.25) is 0 Å². The Balaban J connectivity index is 1.90. The molecule has 1 amide bonds. The topological polar surface area (TPSA) is 98.1 Å². The molecule has 1 aliphatic heterocycles. The van der Waals surface area contributed by atoms with E-state index in [-0.39, 0.29) is 28.3 Å². The number of carbonyl (C=O) groups is 1. The van der Waals surface area contributed by atoms with Crippen LogP contribution in [-0.2, 0) is 0 Å². The summed E-state index contributed by atoms with van der Waals surface area (Å²) in [6, 6.07) is 12.1. The third-order valence-electron chi connectivity index (χ3n) is 5.15. The van der Waals surface area contributed by atoms with E-state index in [1.807, 2.05) is 14.1 Å². The summed E-state index contributed by atoms with van der Waals surface area (Å²) in [5.74, 6) is -0.293. The van der Waals surface area contributed by atoms with Gasteiger partial charge in [0.15, 0.2) is 5.43 Å². The van der Waals surface area contributed by atoms with Crippen LogP contribution < -0.4 is 10.3 Å². The van der Waals surface area contributed by atoms with Crippen LogP contribution in [0.5, 0.6) is 0 Å². The molecule has 0 spiro atoms. The molecule has 29 heavy (non-hydrogen) atoms. The molecule has 1 aliphatic rings. The number of quaternary nitrogens is 1. The standard InChI is InChI=1S/C21H19N3O5/c1-22(2)11-12-23-18(13-7-9-14(10-8-13)24(27)28)17-19(25)15-5-3-4-6-16(15)29-20(17)21(23)26/h3-10,18H,11-12H2,1-2H3/p+1/t18-/m0/s1. The van der Waals surface area contributed by atoms with Crippen molar-refractivity contribution in [3.05, 3.63) is 85.8 Å². The van der Waals surface area contributed by atoms with Crippen molar-refractivity contribution in [1.82, 2.24) is 4.90 Å². The molecule has 8 heteroatoms. The number of hydrogen-bond acceptors (Lipinski definition) is 5. The molecular formula is C21H20N3O5+. The van der Waals surface area contributed by atoms with E-state index in [0.29, 0.717) is 29.6 Å². The fraction of sp³-hybridized carbons (Fsp3) is 0.238. The summed E-state index contributed by atoms with van der Waals surface area (Å²) < 4.78 is 5.84. The smallest absolute Gasteiger partial charge is 0.291 e. The quantitative estimate of drug-likeness (QED) is 0.521. The molecule has 2 heterocycles. The molecule has 1 aromatic heterocycles. The first kappa shape index (κ1) is 18.8. The van der Waals surface area contributed by atoms with Gasteiger partial charge in [-0.1, -0.05) is 12.1 Å². The second-order valence-electron chi connectivity index (χ2n) is 7.38. The molecule has 3 aromatic rings. The molecule has 0 bridgehead atoms. The minimum Gasteiger partial charge on any atom is -0.450 e. The van der Waals surface area contributed by atoms with Crippen LogP contribution in [0.3, 0.4) is 0 Å². The first-order chi connectivity index (χ1) is 13.9. The number of fused-ring (bicyclic) bond motifs is 2. The molecule has 4 rings (SSSR count). The summed E-state index contributed by atoms with van der Waals surface area (Å²) in [6.07, 6.45) is 0. The van der Waals surface area contributed by atoms with Gasteiger partial charge in [-0.3, -0.25) is 19.7 Å². The molecule has 0 fully saturated rings. The predicted molar refractivity (Wildman–Crippen MR) is 106 cm³/mol. The van der Waals surface area contributed by atoms with Crippen molar-refractivity contribution in [3.63, 3.8) is 0 Å². The highest BCUT2D eigenvalue weighted by atomic mass is 16.6. The highest BCUT2D eigenvalue weighted by molar-refractivity contribution is 5.99. The number of nitrogens with one attached hydrogen (secondary N) is 1. The molecule has 0 saturated heterocycles.